The molecule has 0 amide bonds. The number of thiophene rings is 1. The molecule has 1 aromatic rings. The molecule has 9 heteroatoms. The number of carbonyl (C=O) groups is 1. The van der Waals surface area contributed by atoms with Crippen LogP contribution < -0.4 is 10.5 Å². The number of carboxylic acid groups (broad SMARTS) is 1. The molecule has 0 aliphatic heterocycles. The van der Waals surface area contributed by atoms with E-state index in [1.165, 1.54) is 0 Å². The number of halogens is 1. The Bertz CT molecular complexity index is 484. The summed E-state index contributed by atoms with van der Waals surface area (Å²) in [4.78, 5) is 9.83. The summed E-state index contributed by atoms with van der Waals surface area (Å²) in [6.45, 7) is -0.493. The highest BCUT2D eigenvalue weighted by Crippen LogP contribution is 2.18. The van der Waals surface area contributed by atoms with E-state index in [0.717, 1.165) is 22.1 Å². The molecule has 1 aromatic heterocycles. The van der Waals surface area contributed by atoms with Gasteiger partial charge in [0.25, 0.3) is 0 Å². The molecule has 90 valence electrons. The lowest BCUT2D eigenvalue weighted by Gasteiger charge is -2.08. The van der Waals surface area contributed by atoms with E-state index in [-0.39, 0.29) is 0 Å². The summed E-state index contributed by atoms with van der Waals surface area (Å²) in [5.74, 6) is -2.21. The zero-order valence-electron chi connectivity index (χ0n) is 7.88. The fourth-order valence-corrected chi connectivity index (χ4v) is 2.99. The molecule has 0 bridgehead atoms. The maximum Gasteiger partial charge on any atom is 0.321 e. The van der Waals surface area contributed by atoms with E-state index in [2.05, 4.69) is 0 Å². The van der Waals surface area contributed by atoms with Crippen LogP contribution in [0.5, 0.6) is 0 Å². The molecule has 0 saturated heterocycles. The first-order valence-electron chi connectivity index (χ1n) is 4.04. The van der Waals surface area contributed by atoms with Crippen molar-refractivity contribution in [3.8, 4) is 0 Å². The van der Waals surface area contributed by atoms with Gasteiger partial charge in [-0.15, -0.1) is 11.3 Å². The van der Waals surface area contributed by atoms with Gasteiger partial charge in [0.05, 0.1) is 0 Å². The quantitative estimate of drug-likeness (QED) is 0.671. The second-order valence-corrected chi connectivity index (χ2v) is 5.36. The number of nitrogens with two attached hydrogens (primary N) is 1. The fraction of sp³-hybridized carbons (Fsp3) is 0.286. The summed E-state index contributed by atoms with van der Waals surface area (Å²) < 4.78 is 37.8. The smallest absolute Gasteiger partial charge is 0.321 e. The Morgan fingerprint density at radius 1 is 1.62 bits per heavy atom. The lowest BCUT2D eigenvalue weighted by atomic mass is 10.3. The van der Waals surface area contributed by atoms with E-state index in [4.69, 9.17) is 10.8 Å². The predicted molar refractivity (Wildman–Crippen MR) is 55.1 cm³/mol. The SMILES string of the molecule is NC(CNS(=O)(=O)c1cscc1F)C(=O)O. The molecule has 4 N–H and O–H groups in total. The van der Waals surface area contributed by atoms with Crippen molar-refractivity contribution in [1.29, 1.82) is 0 Å². The van der Waals surface area contributed by atoms with Crippen molar-refractivity contribution in [2.24, 2.45) is 5.73 Å². The molecule has 0 aliphatic carbocycles. The second kappa shape index (κ2) is 4.87. The molecule has 6 nitrogen and oxygen atoms in total. The minimum atomic E-state index is -4.03. The summed E-state index contributed by atoms with van der Waals surface area (Å²) in [6.07, 6.45) is 0. The van der Waals surface area contributed by atoms with Gasteiger partial charge in [0.2, 0.25) is 10.0 Å². The van der Waals surface area contributed by atoms with Crippen LogP contribution in [0.25, 0.3) is 0 Å². The molecule has 0 aromatic carbocycles. The molecular formula is C7H9FN2O4S2. The molecule has 0 aliphatic rings. The van der Waals surface area contributed by atoms with E-state index in [0.29, 0.717) is 0 Å². The van der Waals surface area contributed by atoms with Crippen molar-refractivity contribution in [3.05, 3.63) is 16.6 Å². The third-order valence-electron chi connectivity index (χ3n) is 1.68. The molecule has 1 atom stereocenters. The highest BCUT2D eigenvalue weighted by Gasteiger charge is 2.22. The standard InChI is InChI=1S/C7H9FN2O4S2/c8-4-2-15-3-6(4)16(13,14)10-1-5(9)7(11)12/h2-3,5,10H,1,9H2,(H,11,12). The third kappa shape index (κ3) is 2.98. The van der Waals surface area contributed by atoms with E-state index >= 15 is 0 Å². The summed E-state index contributed by atoms with van der Waals surface area (Å²) in [7, 11) is -4.03. The van der Waals surface area contributed by atoms with Gasteiger partial charge in [-0.2, -0.15) is 0 Å². The molecule has 16 heavy (non-hydrogen) atoms. The topological polar surface area (TPSA) is 109 Å². The first kappa shape index (κ1) is 13.0. The minimum absolute atomic E-state index is 0.493. The molecule has 1 rings (SSSR count). The van der Waals surface area contributed by atoms with Crippen LogP contribution in [-0.2, 0) is 14.8 Å². The largest absolute Gasteiger partial charge is 0.480 e. The van der Waals surface area contributed by atoms with Crippen molar-refractivity contribution in [3.63, 3.8) is 0 Å². The van der Waals surface area contributed by atoms with Crippen LogP contribution in [0.2, 0.25) is 0 Å². The number of nitrogens with one attached hydrogen (secondary N) is 1. The van der Waals surface area contributed by atoms with Crippen molar-refractivity contribution < 1.29 is 22.7 Å². The van der Waals surface area contributed by atoms with Crippen LogP contribution in [0, 0.1) is 5.82 Å². The van der Waals surface area contributed by atoms with Crippen molar-refractivity contribution >= 4 is 27.3 Å². The number of aliphatic carboxylic acids is 1. The van der Waals surface area contributed by atoms with E-state index in [1.54, 1.807) is 0 Å². The minimum Gasteiger partial charge on any atom is -0.480 e. The number of hydrogen-bond donors (Lipinski definition) is 3. The summed E-state index contributed by atoms with van der Waals surface area (Å²) in [6, 6.07) is -1.36. The molecule has 1 unspecified atom stereocenters. The molecule has 1 heterocycles. The van der Waals surface area contributed by atoms with Gasteiger partial charge in [0.1, 0.15) is 10.9 Å². The Balaban J connectivity index is 2.75. The fourth-order valence-electron chi connectivity index (χ4n) is 0.826. The maximum absolute atomic E-state index is 13.0. The Labute approximate surface area is 94.9 Å². The summed E-state index contributed by atoms with van der Waals surface area (Å²) in [5, 5.41) is 10.6. The maximum atomic E-state index is 13.0. The van der Waals surface area contributed by atoms with Gasteiger partial charge < -0.3 is 10.8 Å². The third-order valence-corrected chi connectivity index (χ3v) is 3.98. The average Bonchev–Trinajstić information content (AvgIpc) is 2.61. The zero-order chi connectivity index (χ0) is 12.3. The Morgan fingerprint density at radius 2 is 2.25 bits per heavy atom. The van der Waals surface area contributed by atoms with Crippen LogP contribution in [0.1, 0.15) is 0 Å². The Hall–Kier alpha value is -1.03. The van der Waals surface area contributed by atoms with Crippen molar-refractivity contribution in [2.45, 2.75) is 10.9 Å². The number of sulfonamides is 1. The predicted octanol–water partition coefficient (Wildman–Crippen LogP) is -0.423. The Kier molecular flexibility index (Phi) is 3.97. The second-order valence-electron chi connectivity index (χ2n) is 2.88. The summed E-state index contributed by atoms with van der Waals surface area (Å²) in [5.41, 5.74) is 5.10. The van der Waals surface area contributed by atoms with Crippen LogP contribution in [0.15, 0.2) is 15.7 Å². The Morgan fingerprint density at radius 3 is 2.69 bits per heavy atom. The van der Waals surface area contributed by atoms with Crippen LogP contribution in [0.3, 0.4) is 0 Å². The first-order valence-corrected chi connectivity index (χ1v) is 6.47. The van der Waals surface area contributed by atoms with Crippen LogP contribution in [0.4, 0.5) is 4.39 Å². The number of rotatable bonds is 5. The van der Waals surface area contributed by atoms with Crippen LogP contribution >= 0.6 is 11.3 Å². The van der Waals surface area contributed by atoms with E-state index in [1.807, 2.05) is 4.72 Å². The normalized spacial score (nSPS) is 13.6. The monoisotopic (exact) mass is 268 g/mol. The lowest BCUT2D eigenvalue weighted by Crippen LogP contribution is -2.42. The van der Waals surface area contributed by atoms with Gasteiger partial charge >= 0.3 is 5.97 Å². The number of hydrogen-bond acceptors (Lipinski definition) is 5. The van der Waals surface area contributed by atoms with Gasteiger partial charge in [-0.05, 0) is 0 Å². The molecular weight excluding hydrogens is 259 g/mol. The zero-order valence-corrected chi connectivity index (χ0v) is 9.52. The van der Waals surface area contributed by atoms with E-state index in [9.17, 15) is 17.6 Å². The lowest BCUT2D eigenvalue weighted by molar-refractivity contribution is -0.138. The van der Waals surface area contributed by atoms with Gasteiger partial charge in [0.15, 0.2) is 5.82 Å². The molecule has 0 fully saturated rings. The molecule has 0 radical (unpaired) electrons. The highest BCUT2D eigenvalue weighted by atomic mass is 32.2. The van der Waals surface area contributed by atoms with E-state index < -0.39 is 39.3 Å². The van der Waals surface area contributed by atoms with Gasteiger partial charge in [0, 0.05) is 17.3 Å². The van der Waals surface area contributed by atoms with Gasteiger partial charge in [-0.3, -0.25) is 4.79 Å². The van der Waals surface area contributed by atoms with Crippen LogP contribution in [-0.4, -0.2) is 32.1 Å². The highest BCUT2D eigenvalue weighted by molar-refractivity contribution is 7.89. The molecule has 0 saturated carbocycles. The van der Waals surface area contributed by atoms with Gasteiger partial charge in [-0.1, -0.05) is 0 Å². The first-order chi connectivity index (χ1) is 7.34. The summed E-state index contributed by atoms with van der Waals surface area (Å²) >= 11 is 0.892. The van der Waals surface area contributed by atoms with Gasteiger partial charge in [-0.25, -0.2) is 17.5 Å². The average molecular weight is 268 g/mol. The van der Waals surface area contributed by atoms with Crippen molar-refractivity contribution in [1.82, 2.24) is 4.72 Å². The van der Waals surface area contributed by atoms with Crippen molar-refractivity contribution in [2.75, 3.05) is 6.54 Å². The number of carboxylic acids is 1. The molecule has 0 spiro atoms.